The molecule has 0 saturated heterocycles. The Bertz CT molecular complexity index is 328. The third kappa shape index (κ3) is 1.20. The zero-order chi connectivity index (χ0) is 9.42. The molecular formula is C10H12N2O. The second-order valence-corrected chi connectivity index (χ2v) is 3.43. The summed E-state index contributed by atoms with van der Waals surface area (Å²) in [5.74, 6) is 0.885. The van der Waals surface area contributed by atoms with Crippen LogP contribution in [0.2, 0.25) is 0 Å². The van der Waals surface area contributed by atoms with E-state index in [1.807, 2.05) is 32.1 Å². The maximum absolute atomic E-state index is 11.7. The van der Waals surface area contributed by atoms with E-state index in [1.54, 1.807) is 11.1 Å². The van der Waals surface area contributed by atoms with Gasteiger partial charge in [0.2, 0.25) is 5.91 Å². The van der Waals surface area contributed by atoms with Gasteiger partial charge in [-0.3, -0.25) is 14.7 Å². The van der Waals surface area contributed by atoms with Crippen LogP contribution in [-0.4, -0.2) is 22.7 Å². The normalized spacial score (nSPS) is 31.7. The van der Waals surface area contributed by atoms with Gasteiger partial charge in [-0.1, -0.05) is 13.0 Å². The number of nitrogens with zero attached hydrogens (tertiary/aromatic N) is 2. The number of carbonyl (C=O) groups is 1. The SMILES string of the molecule is CC1N=C2C=CC=CN2C(=O)[C@@H]1C. The molecule has 2 aliphatic rings. The molecule has 1 unspecified atom stereocenters. The van der Waals surface area contributed by atoms with Gasteiger partial charge in [-0.05, 0) is 19.1 Å². The smallest absolute Gasteiger partial charge is 0.237 e. The van der Waals surface area contributed by atoms with E-state index in [4.69, 9.17) is 0 Å². The highest BCUT2D eigenvalue weighted by Gasteiger charge is 2.31. The Morgan fingerprint density at radius 2 is 2.15 bits per heavy atom. The molecule has 3 heteroatoms. The van der Waals surface area contributed by atoms with Crippen molar-refractivity contribution in [1.29, 1.82) is 0 Å². The molecule has 0 radical (unpaired) electrons. The molecule has 0 saturated carbocycles. The number of rotatable bonds is 0. The van der Waals surface area contributed by atoms with Gasteiger partial charge in [0.25, 0.3) is 0 Å². The minimum atomic E-state index is -0.0140. The predicted molar refractivity (Wildman–Crippen MR) is 51.2 cm³/mol. The van der Waals surface area contributed by atoms with Crippen LogP contribution in [0.1, 0.15) is 13.8 Å². The summed E-state index contributed by atoms with van der Waals surface area (Å²) >= 11 is 0. The highest BCUT2D eigenvalue weighted by atomic mass is 16.2. The van der Waals surface area contributed by atoms with Crippen LogP contribution in [0.5, 0.6) is 0 Å². The summed E-state index contributed by atoms with van der Waals surface area (Å²) in [6.45, 7) is 3.89. The summed E-state index contributed by atoms with van der Waals surface area (Å²) in [6.07, 6.45) is 7.37. The van der Waals surface area contributed by atoms with Gasteiger partial charge in [0.1, 0.15) is 5.84 Å². The standard InChI is InChI=1S/C10H12N2O/c1-7-8(2)11-9-5-3-4-6-12(9)10(7)13/h3-8H,1-2H3/t7-,8?/m1/s1. The van der Waals surface area contributed by atoms with Gasteiger partial charge in [0, 0.05) is 6.20 Å². The van der Waals surface area contributed by atoms with E-state index in [0.29, 0.717) is 0 Å². The van der Waals surface area contributed by atoms with Crippen LogP contribution in [0.15, 0.2) is 29.4 Å². The number of hydrogen-bond acceptors (Lipinski definition) is 2. The fourth-order valence-corrected chi connectivity index (χ4v) is 1.47. The van der Waals surface area contributed by atoms with Crippen LogP contribution in [0.25, 0.3) is 0 Å². The zero-order valence-electron chi connectivity index (χ0n) is 7.77. The first-order valence-corrected chi connectivity index (χ1v) is 4.46. The second kappa shape index (κ2) is 2.83. The van der Waals surface area contributed by atoms with Crippen LogP contribution < -0.4 is 0 Å². The summed E-state index contributed by atoms with van der Waals surface area (Å²) in [7, 11) is 0. The van der Waals surface area contributed by atoms with Crippen molar-refractivity contribution in [2.24, 2.45) is 10.9 Å². The Hall–Kier alpha value is -1.38. The third-order valence-corrected chi connectivity index (χ3v) is 2.52. The van der Waals surface area contributed by atoms with Crippen LogP contribution in [0.4, 0.5) is 0 Å². The molecule has 0 aromatic heterocycles. The summed E-state index contributed by atoms with van der Waals surface area (Å²) in [5.41, 5.74) is 0. The molecule has 0 aliphatic carbocycles. The summed E-state index contributed by atoms with van der Waals surface area (Å²) in [5, 5.41) is 0. The Kier molecular flexibility index (Phi) is 1.79. The largest absolute Gasteiger partial charge is 0.274 e. The monoisotopic (exact) mass is 176 g/mol. The van der Waals surface area contributed by atoms with Crippen molar-refractivity contribution in [3.8, 4) is 0 Å². The van der Waals surface area contributed by atoms with Gasteiger partial charge in [-0.25, -0.2) is 0 Å². The molecule has 2 aliphatic heterocycles. The Balaban J connectivity index is 2.40. The van der Waals surface area contributed by atoms with Gasteiger partial charge >= 0.3 is 0 Å². The number of hydrogen-bond donors (Lipinski definition) is 0. The molecule has 2 heterocycles. The molecule has 0 fully saturated rings. The van der Waals surface area contributed by atoms with Gasteiger partial charge in [0.15, 0.2) is 0 Å². The molecule has 0 N–H and O–H groups in total. The molecule has 0 spiro atoms. The Morgan fingerprint density at radius 3 is 2.92 bits per heavy atom. The van der Waals surface area contributed by atoms with Crippen molar-refractivity contribution in [1.82, 2.24) is 4.90 Å². The fourth-order valence-electron chi connectivity index (χ4n) is 1.47. The lowest BCUT2D eigenvalue weighted by molar-refractivity contribution is -0.130. The number of allylic oxidation sites excluding steroid dienone is 2. The maximum Gasteiger partial charge on any atom is 0.237 e. The second-order valence-electron chi connectivity index (χ2n) is 3.43. The number of amides is 1. The van der Waals surface area contributed by atoms with E-state index in [1.165, 1.54) is 0 Å². The van der Waals surface area contributed by atoms with Crippen molar-refractivity contribution in [2.45, 2.75) is 19.9 Å². The van der Waals surface area contributed by atoms with E-state index < -0.39 is 0 Å². The van der Waals surface area contributed by atoms with E-state index >= 15 is 0 Å². The first kappa shape index (κ1) is 8.23. The first-order valence-electron chi connectivity index (χ1n) is 4.46. The molecule has 68 valence electrons. The van der Waals surface area contributed by atoms with Gasteiger partial charge in [0.05, 0.1) is 12.0 Å². The fraction of sp³-hybridized carbons (Fsp3) is 0.400. The van der Waals surface area contributed by atoms with Gasteiger partial charge in [-0.15, -0.1) is 0 Å². The Labute approximate surface area is 77.4 Å². The van der Waals surface area contributed by atoms with Crippen molar-refractivity contribution < 1.29 is 4.79 Å². The Morgan fingerprint density at radius 1 is 1.38 bits per heavy atom. The molecule has 0 aromatic carbocycles. The van der Waals surface area contributed by atoms with Crippen molar-refractivity contribution >= 4 is 11.7 Å². The minimum Gasteiger partial charge on any atom is -0.274 e. The van der Waals surface area contributed by atoms with Crippen molar-refractivity contribution in [3.05, 3.63) is 24.4 Å². The number of fused-ring (bicyclic) bond motifs is 1. The lowest BCUT2D eigenvalue weighted by Gasteiger charge is -2.31. The minimum absolute atomic E-state index is 0.0140. The quantitative estimate of drug-likeness (QED) is 0.548. The van der Waals surface area contributed by atoms with Crippen molar-refractivity contribution in [3.63, 3.8) is 0 Å². The first-order chi connectivity index (χ1) is 6.20. The average Bonchev–Trinajstić information content (AvgIpc) is 2.15. The summed E-state index contributed by atoms with van der Waals surface area (Å²) in [6, 6.07) is 0.0925. The zero-order valence-corrected chi connectivity index (χ0v) is 7.77. The molecule has 1 amide bonds. The highest BCUT2D eigenvalue weighted by molar-refractivity contribution is 6.08. The van der Waals surface area contributed by atoms with Crippen LogP contribution in [0, 0.1) is 5.92 Å². The number of carbonyl (C=O) groups excluding carboxylic acids is 1. The van der Waals surface area contributed by atoms with Crippen LogP contribution in [-0.2, 0) is 4.79 Å². The molecule has 2 rings (SSSR count). The van der Waals surface area contributed by atoms with Gasteiger partial charge in [-0.2, -0.15) is 0 Å². The van der Waals surface area contributed by atoms with E-state index in [0.717, 1.165) is 5.84 Å². The molecule has 0 bridgehead atoms. The van der Waals surface area contributed by atoms with Gasteiger partial charge < -0.3 is 0 Å². The average molecular weight is 176 g/mol. The van der Waals surface area contributed by atoms with Crippen LogP contribution >= 0.6 is 0 Å². The molecule has 0 aromatic rings. The molecule has 2 atom stereocenters. The lowest BCUT2D eigenvalue weighted by atomic mass is 10.00. The highest BCUT2D eigenvalue weighted by Crippen LogP contribution is 2.20. The summed E-state index contributed by atoms with van der Waals surface area (Å²) < 4.78 is 0. The van der Waals surface area contributed by atoms with E-state index in [9.17, 15) is 4.79 Å². The topological polar surface area (TPSA) is 32.7 Å². The molecular weight excluding hydrogens is 164 g/mol. The third-order valence-electron chi connectivity index (χ3n) is 2.52. The molecule has 13 heavy (non-hydrogen) atoms. The lowest BCUT2D eigenvalue weighted by Crippen LogP contribution is -2.44. The summed E-state index contributed by atoms with van der Waals surface area (Å²) in [4.78, 5) is 17.8. The predicted octanol–water partition coefficient (Wildman–Crippen LogP) is 1.34. The van der Waals surface area contributed by atoms with E-state index in [2.05, 4.69) is 4.99 Å². The van der Waals surface area contributed by atoms with Crippen LogP contribution in [0.3, 0.4) is 0 Å². The number of aliphatic imine (C=N–C) groups is 1. The number of amidine groups is 1. The maximum atomic E-state index is 11.7. The van der Waals surface area contributed by atoms with Crippen molar-refractivity contribution in [2.75, 3.05) is 0 Å². The van der Waals surface area contributed by atoms with E-state index in [-0.39, 0.29) is 17.9 Å². The molecule has 3 nitrogen and oxygen atoms in total.